The summed E-state index contributed by atoms with van der Waals surface area (Å²) in [7, 11) is 0. The molecule has 0 bridgehead atoms. The Balaban J connectivity index is 1.54. The van der Waals surface area contributed by atoms with Crippen LogP contribution >= 0.6 is 23.4 Å². The first-order chi connectivity index (χ1) is 14.6. The predicted molar refractivity (Wildman–Crippen MR) is 121 cm³/mol. The van der Waals surface area contributed by atoms with Crippen molar-refractivity contribution in [1.82, 2.24) is 19.7 Å². The molecule has 30 heavy (non-hydrogen) atoms. The van der Waals surface area contributed by atoms with Crippen LogP contribution in [0.25, 0.3) is 5.69 Å². The number of likely N-dealkylation sites (tertiary alicyclic amines) is 1. The van der Waals surface area contributed by atoms with Crippen molar-refractivity contribution in [2.45, 2.75) is 31.3 Å². The van der Waals surface area contributed by atoms with E-state index in [1.807, 2.05) is 51.9 Å². The Labute approximate surface area is 186 Å². The summed E-state index contributed by atoms with van der Waals surface area (Å²) in [5.74, 6) is 2.08. The van der Waals surface area contributed by atoms with Crippen LogP contribution in [0.4, 0.5) is 0 Å². The largest absolute Gasteiger partial charge is 0.342 e. The number of halogens is 1. The zero-order valence-electron chi connectivity index (χ0n) is 17.0. The highest BCUT2D eigenvalue weighted by Gasteiger charge is 2.22. The van der Waals surface area contributed by atoms with Gasteiger partial charge in [-0.1, -0.05) is 60.6 Å². The molecule has 1 amide bonds. The molecule has 7 heteroatoms. The fraction of sp³-hybridized carbons (Fsp3) is 0.348. The second-order valence-corrected chi connectivity index (χ2v) is 9.10. The minimum atomic E-state index is 0.169. The summed E-state index contributed by atoms with van der Waals surface area (Å²) in [6, 6.07) is 17.8. The van der Waals surface area contributed by atoms with E-state index in [1.54, 1.807) is 0 Å². The Hall–Kier alpha value is -2.31. The summed E-state index contributed by atoms with van der Waals surface area (Å²) < 4.78 is 2.03. The van der Waals surface area contributed by atoms with Crippen LogP contribution in [-0.4, -0.2) is 44.4 Å². The maximum atomic E-state index is 12.7. The fourth-order valence-corrected chi connectivity index (χ4v) is 4.61. The van der Waals surface area contributed by atoms with Crippen LogP contribution in [0.3, 0.4) is 0 Å². The van der Waals surface area contributed by atoms with Gasteiger partial charge in [0, 0.05) is 30.2 Å². The van der Waals surface area contributed by atoms with Crippen molar-refractivity contribution in [3.8, 4) is 5.69 Å². The van der Waals surface area contributed by atoms with Gasteiger partial charge >= 0.3 is 0 Å². The van der Waals surface area contributed by atoms with Crippen molar-refractivity contribution >= 4 is 29.3 Å². The zero-order valence-corrected chi connectivity index (χ0v) is 18.6. The smallest absolute Gasteiger partial charge is 0.233 e. The molecule has 1 aromatic heterocycles. The van der Waals surface area contributed by atoms with Crippen molar-refractivity contribution in [2.75, 3.05) is 18.8 Å². The summed E-state index contributed by atoms with van der Waals surface area (Å²) in [6.45, 7) is 3.95. The zero-order chi connectivity index (χ0) is 20.9. The molecule has 1 saturated heterocycles. The number of amides is 1. The molecule has 3 aromatic rings. The van der Waals surface area contributed by atoms with Gasteiger partial charge < -0.3 is 4.90 Å². The first-order valence-electron chi connectivity index (χ1n) is 10.2. The summed E-state index contributed by atoms with van der Waals surface area (Å²) in [6.07, 6.45) is 2.83. The lowest BCUT2D eigenvalue weighted by atomic mass is 9.99. The van der Waals surface area contributed by atoms with Gasteiger partial charge in [0.1, 0.15) is 5.82 Å². The van der Waals surface area contributed by atoms with Crippen molar-refractivity contribution in [3.63, 3.8) is 0 Å². The van der Waals surface area contributed by atoms with Gasteiger partial charge in [0.05, 0.1) is 5.75 Å². The van der Waals surface area contributed by atoms with Gasteiger partial charge in [0.25, 0.3) is 0 Å². The van der Waals surface area contributed by atoms with E-state index in [1.165, 1.54) is 11.8 Å². The van der Waals surface area contributed by atoms with E-state index in [9.17, 15) is 4.79 Å². The highest BCUT2D eigenvalue weighted by atomic mass is 35.5. The third-order valence-electron chi connectivity index (χ3n) is 5.45. The molecule has 5 nitrogen and oxygen atoms in total. The summed E-state index contributed by atoms with van der Waals surface area (Å²) >= 11 is 7.53. The number of carbonyl (C=O) groups is 1. The molecule has 2 aromatic carbocycles. The molecule has 0 N–H and O–H groups in total. The molecular weight excluding hydrogens is 416 g/mol. The van der Waals surface area contributed by atoms with E-state index in [0.29, 0.717) is 23.1 Å². The van der Waals surface area contributed by atoms with E-state index in [4.69, 9.17) is 11.6 Å². The quantitative estimate of drug-likeness (QED) is 0.513. The number of carbonyl (C=O) groups excluding carboxylic acids is 1. The van der Waals surface area contributed by atoms with E-state index in [0.717, 1.165) is 48.2 Å². The van der Waals surface area contributed by atoms with E-state index < -0.39 is 0 Å². The number of piperidine rings is 1. The van der Waals surface area contributed by atoms with Crippen molar-refractivity contribution in [3.05, 3.63) is 71.0 Å². The second kappa shape index (κ2) is 9.67. The van der Waals surface area contributed by atoms with Gasteiger partial charge in [-0.25, -0.2) is 0 Å². The highest BCUT2D eigenvalue weighted by Crippen LogP contribution is 2.25. The molecule has 0 aliphatic carbocycles. The number of rotatable bonds is 6. The van der Waals surface area contributed by atoms with Crippen LogP contribution in [-0.2, 0) is 11.2 Å². The second-order valence-electron chi connectivity index (χ2n) is 7.72. The maximum absolute atomic E-state index is 12.7. The normalized spacial score (nSPS) is 14.8. The molecule has 2 heterocycles. The first-order valence-corrected chi connectivity index (χ1v) is 11.6. The van der Waals surface area contributed by atoms with E-state index >= 15 is 0 Å². The van der Waals surface area contributed by atoms with E-state index in [-0.39, 0.29) is 5.91 Å². The van der Waals surface area contributed by atoms with Crippen LogP contribution in [0.15, 0.2) is 59.8 Å². The van der Waals surface area contributed by atoms with Crippen molar-refractivity contribution in [2.24, 2.45) is 5.92 Å². The van der Waals surface area contributed by atoms with Gasteiger partial charge in [-0.15, -0.1) is 10.2 Å². The number of thioether (sulfide) groups is 1. The monoisotopic (exact) mass is 440 g/mol. The Morgan fingerprint density at radius 3 is 2.47 bits per heavy atom. The van der Waals surface area contributed by atoms with Crippen LogP contribution in [0, 0.1) is 5.92 Å². The van der Waals surface area contributed by atoms with Gasteiger partial charge in [0.15, 0.2) is 5.16 Å². The molecule has 1 aliphatic rings. The lowest BCUT2D eigenvalue weighted by molar-refractivity contribution is -0.129. The van der Waals surface area contributed by atoms with Crippen LogP contribution in [0.1, 0.15) is 31.2 Å². The van der Waals surface area contributed by atoms with Gasteiger partial charge in [0.2, 0.25) is 5.91 Å². The fourth-order valence-electron chi connectivity index (χ4n) is 3.61. The first kappa shape index (κ1) is 20.9. The lowest BCUT2D eigenvalue weighted by Crippen LogP contribution is -2.38. The number of nitrogens with zero attached hydrogens (tertiary/aromatic N) is 4. The Morgan fingerprint density at radius 1 is 1.07 bits per heavy atom. The minimum Gasteiger partial charge on any atom is -0.342 e. The van der Waals surface area contributed by atoms with Gasteiger partial charge in [-0.05, 0) is 48.6 Å². The third kappa shape index (κ3) is 5.05. The number of hydrogen-bond donors (Lipinski definition) is 0. The van der Waals surface area contributed by atoms with Crippen molar-refractivity contribution < 1.29 is 4.79 Å². The third-order valence-corrected chi connectivity index (χ3v) is 6.62. The number of aromatic nitrogens is 3. The summed E-state index contributed by atoms with van der Waals surface area (Å²) in [5, 5.41) is 10.3. The lowest BCUT2D eigenvalue weighted by Gasteiger charge is -2.30. The summed E-state index contributed by atoms with van der Waals surface area (Å²) in [5.41, 5.74) is 2.10. The molecule has 0 radical (unpaired) electrons. The SMILES string of the molecule is CC1CCN(C(=O)CSc2nnc(Cc3ccccc3)n2-c2ccc(Cl)cc2)CC1. The molecule has 1 fully saturated rings. The topological polar surface area (TPSA) is 51.0 Å². The average molecular weight is 441 g/mol. The average Bonchev–Trinajstić information content (AvgIpc) is 3.16. The number of benzene rings is 2. The molecule has 156 valence electrons. The molecule has 0 saturated carbocycles. The standard InChI is InChI=1S/C23H25ClN4OS/c1-17-11-13-27(14-12-17)22(29)16-30-23-26-25-21(15-18-5-3-2-4-6-18)28(23)20-9-7-19(24)8-10-20/h2-10,17H,11-16H2,1H3. The van der Waals surface area contributed by atoms with Crippen LogP contribution in [0.5, 0.6) is 0 Å². The molecule has 4 rings (SSSR count). The van der Waals surface area contributed by atoms with E-state index in [2.05, 4.69) is 29.3 Å². The van der Waals surface area contributed by atoms with Gasteiger partial charge in [-0.2, -0.15) is 0 Å². The molecule has 0 atom stereocenters. The number of hydrogen-bond acceptors (Lipinski definition) is 4. The predicted octanol–water partition coefficient (Wildman–Crippen LogP) is 4.86. The van der Waals surface area contributed by atoms with Gasteiger partial charge in [-0.3, -0.25) is 9.36 Å². The summed E-state index contributed by atoms with van der Waals surface area (Å²) in [4.78, 5) is 14.7. The van der Waals surface area contributed by atoms with Crippen molar-refractivity contribution in [1.29, 1.82) is 0 Å². The molecule has 0 spiro atoms. The molecular formula is C23H25ClN4OS. The Kier molecular flexibility index (Phi) is 6.75. The van der Waals surface area contributed by atoms with Crippen LogP contribution in [0.2, 0.25) is 5.02 Å². The molecule has 1 aliphatic heterocycles. The highest BCUT2D eigenvalue weighted by molar-refractivity contribution is 7.99. The Morgan fingerprint density at radius 2 is 1.77 bits per heavy atom. The van der Waals surface area contributed by atoms with Crippen LogP contribution < -0.4 is 0 Å². The minimum absolute atomic E-state index is 0.169. The Bertz CT molecular complexity index is 982. The maximum Gasteiger partial charge on any atom is 0.233 e. The molecule has 0 unspecified atom stereocenters.